The van der Waals surface area contributed by atoms with Crippen LogP contribution in [-0.2, 0) is 9.59 Å². The zero-order valence-corrected chi connectivity index (χ0v) is 15.5. The van der Waals surface area contributed by atoms with Crippen molar-refractivity contribution < 1.29 is 14.3 Å². The van der Waals surface area contributed by atoms with Crippen LogP contribution in [0.4, 0.5) is 5.69 Å². The highest BCUT2D eigenvalue weighted by atomic mass is 35.5. The van der Waals surface area contributed by atoms with Crippen LogP contribution in [0, 0.1) is 5.92 Å². The number of methoxy groups -OCH3 is 1. The second-order valence-electron chi connectivity index (χ2n) is 6.39. The van der Waals surface area contributed by atoms with Gasteiger partial charge >= 0.3 is 0 Å². The van der Waals surface area contributed by atoms with Gasteiger partial charge in [0.2, 0.25) is 11.8 Å². The van der Waals surface area contributed by atoms with Crippen molar-refractivity contribution in [2.24, 2.45) is 5.92 Å². The van der Waals surface area contributed by atoms with Crippen molar-refractivity contribution in [2.75, 3.05) is 18.6 Å². The highest BCUT2D eigenvalue weighted by Crippen LogP contribution is 2.28. The van der Waals surface area contributed by atoms with Gasteiger partial charge in [-0.1, -0.05) is 29.8 Å². The predicted molar refractivity (Wildman–Crippen MR) is 101 cm³/mol. The van der Waals surface area contributed by atoms with Crippen LogP contribution in [0.25, 0.3) is 0 Å². The van der Waals surface area contributed by atoms with E-state index in [0.29, 0.717) is 17.3 Å². The molecule has 1 aliphatic rings. The van der Waals surface area contributed by atoms with Crippen LogP contribution in [0.2, 0.25) is 5.02 Å². The van der Waals surface area contributed by atoms with Crippen molar-refractivity contribution in [3.05, 3.63) is 59.1 Å². The van der Waals surface area contributed by atoms with Crippen molar-refractivity contribution in [3.8, 4) is 5.75 Å². The highest BCUT2D eigenvalue weighted by molar-refractivity contribution is 6.30. The molecular weight excluding hydrogens is 352 g/mol. The molecule has 2 aromatic rings. The molecule has 0 unspecified atom stereocenters. The first-order valence-corrected chi connectivity index (χ1v) is 8.86. The van der Waals surface area contributed by atoms with Gasteiger partial charge in [-0.15, -0.1) is 0 Å². The molecule has 0 spiro atoms. The molecule has 0 aromatic heterocycles. The average Bonchev–Trinajstić information content (AvgIpc) is 3.04. The van der Waals surface area contributed by atoms with Crippen molar-refractivity contribution in [1.29, 1.82) is 0 Å². The predicted octanol–water partition coefficient (Wildman–Crippen LogP) is 3.58. The minimum absolute atomic E-state index is 0.0578. The number of hydrogen-bond acceptors (Lipinski definition) is 3. The third kappa shape index (κ3) is 3.99. The fourth-order valence-electron chi connectivity index (χ4n) is 3.08. The largest absolute Gasteiger partial charge is 0.497 e. The molecule has 5 nitrogen and oxygen atoms in total. The molecule has 1 aliphatic heterocycles. The fraction of sp³-hybridized carbons (Fsp3) is 0.300. The van der Waals surface area contributed by atoms with Gasteiger partial charge in [0.15, 0.2) is 0 Å². The van der Waals surface area contributed by atoms with E-state index < -0.39 is 0 Å². The number of rotatable bonds is 5. The van der Waals surface area contributed by atoms with E-state index in [1.165, 1.54) is 0 Å². The molecule has 2 aromatic carbocycles. The maximum atomic E-state index is 12.6. The molecular formula is C20H21ClN2O3. The molecule has 0 saturated carbocycles. The van der Waals surface area contributed by atoms with E-state index in [0.717, 1.165) is 11.3 Å². The number of amides is 2. The molecule has 2 amide bonds. The van der Waals surface area contributed by atoms with Gasteiger partial charge in [0, 0.05) is 29.7 Å². The van der Waals surface area contributed by atoms with Crippen LogP contribution >= 0.6 is 11.6 Å². The van der Waals surface area contributed by atoms with E-state index in [1.54, 1.807) is 30.2 Å². The van der Waals surface area contributed by atoms with Gasteiger partial charge in [-0.3, -0.25) is 9.59 Å². The number of ether oxygens (including phenoxy) is 1. The fourth-order valence-corrected chi connectivity index (χ4v) is 3.20. The van der Waals surface area contributed by atoms with Crippen molar-refractivity contribution >= 4 is 29.1 Å². The minimum atomic E-state index is -0.372. The first-order chi connectivity index (χ1) is 12.5. The Morgan fingerprint density at radius 1 is 1.27 bits per heavy atom. The zero-order valence-electron chi connectivity index (χ0n) is 14.7. The number of hydrogen-bond donors (Lipinski definition) is 1. The van der Waals surface area contributed by atoms with Gasteiger partial charge in [0.1, 0.15) is 5.75 Å². The summed E-state index contributed by atoms with van der Waals surface area (Å²) < 4.78 is 5.21. The summed E-state index contributed by atoms with van der Waals surface area (Å²) in [5.41, 5.74) is 1.71. The first-order valence-electron chi connectivity index (χ1n) is 8.48. The normalized spacial score (nSPS) is 17.9. The summed E-state index contributed by atoms with van der Waals surface area (Å²) in [6.45, 7) is 2.28. The Kier molecular flexibility index (Phi) is 5.47. The van der Waals surface area contributed by atoms with E-state index in [9.17, 15) is 9.59 Å². The van der Waals surface area contributed by atoms with Crippen LogP contribution in [0.15, 0.2) is 48.5 Å². The average molecular weight is 373 g/mol. The first kappa shape index (κ1) is 18.3. The van der Waals surface area contributed by atoms with Gasteiger partial charge < -0.3 is 15.0 Å². The molecule has 3 rings (SSSR count). The quantitative estimate of drug-likeness (QED) is 0.872. The number of nitrogens with one attached hydrogen (secondary N) is 1. The number of halogens is 1. The van der Waals surface area contributed by atoms with Crippen LogP contribution in [0.1, 0.15) is 24.9 Å². The van der Waals surface area contributed by atoms with Crippen LogP contribution < -0.4 is 15.0 Å². The van der Waals surface area contributed by atoms with Gasteiger partial charge in [-0.2, -0.15) is 0 Å². The lowest BCUT2D eigenvalue weighted by molar-refractivity contribution is -0.126. The summed E-state index contributed by atoms with van der Waals surface area (Å²) in [5, 5.41) is 3.64. The second kappa shape index (κ2) is 7.79. The van der Waals surface area contributed by atoms with E-state index in [2.05, 4.69) is 5.32 Å². The number of nitrogens with zero attached hydrogens (tertiary/aromatic N) is 1. The van der Waals surface area contributed by atoms with E-state index >= 15 is 0 Å². The van der Waals surface area contributed by atoms with Gasteiger partial charge in [0.05, 0.1) is 19.1 Å². The Morgan fingerprint density at radius 3 is 2.69 bits per heavy atom. The van der Waals surface area contributed by atoms with E-state index in [1.807, 2.05) is 37.3 Å². The summed E-state index contributed by atoms with van der Waals surface area (Å²) in [7, 11) is 1.58. The van der Waals surface area contributed by atoms with Crippen molar-refractivity contribution in [1.82, 2.24) is 5.32 Å². The third-order valence-corrected chi connectivity index (χ3v) is 4.84. The highest BCUT2D eigenvalue weighted by Gasteiger charge is 2.35. The second-order valence-corrected chi connectivity index (χ2v) is 6.83. The molecule has 2 atom stereocenters. The Morgan fingerprint density at radius 2 is 2.00 bits per heavy atom. The standard InChI is InChI=1S/C20H21ClN2O3/c1-13(14-6-8-16(21)9-7-14)22-20(25)15-10-19(24)23(12-15)17-4-3-5-18(11-17)26-2/h3-9,11,13,15H,10,12H2,1-2H3,(H,22,25)/t13-,15-/m0/s1. The lowest BCUT2D eigenvalue weighted by atomic mass is 10.1. The van der Waals surface area contributed by atoms with Crippen LogP contribution in [0.3, 0.4) is 0 Å². The van der Waals surface area contributed by atoms with Crippen LogP contribution in [-0.4, -0.2) is 25.5 Å². The molecule has 0 bridgehead atoms. The van der Waals surface area contributed by atoms with Crippen molar-refractivity contribution in [3.63, 3.8) is 0 Å². The molecule has 1 N–H and O–H groups in total. The number of carbonyl (C=O) groups is 2. The minimum Gasteiger partial charge on any atom is -0.497 e. The maximum Gasteiger partial charge on any atom is 0.227 e. The Labute approximate surface area is 157 Å². The van der Waals surface area contributed by atoms with E-state index in [-0.39, 0.29) is 30.2 Å². The summed E-state index contributed by atoms with van der Waals surface area (Å²) in [4.78, 5) is 26.6. The number of carbonyl (C=O) groups excluding carboxylic acids is 2. The van der Waals surface area contributed by atoms with Gasteiger partial charge in [-0.05, 0) is 36.8 Å². The summed E-state index contributed by atoms with van der Waals surface area (Å²) in [6, 6.07) is 14.5. The topological polar surface area (TPSA) is 58.6 Å². The lowest BCUT2D eigenvalue weighted by Gasteiger charge is -2.19. The summed E-state index contributed by atoms with van der Waals surface area (Å²) >= 11 is 5.90. The van der Waals surface area contributed by atoms with Crippen molar-refractivity contribution in [2.45, 2.75) is 19.4 Å². The molecule has 0 radical (unpaired) electrons. The van der Waals surface area contributed by atoms with Gasteiger partial charge in [-0.25, -0.2) is 0 Å². The zero-order chi connectivity index (χ0) is 18.7. The maximum absolute atomic E-state index is 12.6. The Hall–Kier alpha value is -2.53. The number of anilines is 1. The lowest BCUT2D eigenvalue weighted by Crippen LogP contribution is -2.34. The molecule has 1 heterocycles. The molecule has 1 fully saturated rings. The monoisotopic (exact) mass is 372 g/mol. The third-order valence-electron chi connectivity index (χ3n) is 4.59. The molecule has 0 aliphatic carbocycles. The Bertz CT molecular complexity index is 807. The summed E-state index contributed by atoms with van der Waals surface area (Å²) in [6.07, 6.45) is 0.205. The molecule has 1 saturated heterocycles. The van der Waals surface area contributed by atoms with Gasteiger partial charge in [0.25, 0.3) is 0 Å². The molecule has 6 heteroatoms. The molecule has 26 heavy (non-hydrogen) atoms. The summed E-state index contributed by atoms with van der Waals surface area (Å²) in [5.74, 6) is 0.131. The number of benzene rings is 2. The smallest absolute Gasteiger partial charge is 0.227 e. The Balaban J connectivity index is 1.65. The SMILES string of the molecule is COc1cccc(N2C[C@@H](C(=O)N[C@@H](C)c3ccc(Cl)cc3)CC2=O)c1. The molecule has 136 valence electrons. The van der Waals surface area contributed by atoms with Crippen LogP contribution in [0.5, 0.6) is 5.75 Å². The van der Waals surface area contributed by atoms with E-state index in [4.69, 9.17) is 16.3 Å².